The molecule has 1 rings (SSSR count). The average Bonchev–Trinajstić information content (AvgIpc) is 2.18. The molecule has 1 nitrogen and oxygen atoms in total. The first-order chi connectivity index (χ1) is 5.73. The van der Waals surface area contributed by atoms with Crippen LogP contribution < -0.4 is 0 Å². The summed E-state index contributed by atoms with van der Waals surface area (Å²) in [5, 5.41) is 0. The van der Waals surface area contributed by atoms with Crippen molar-refractivity contribution in [3.05, 3.63) is 0 Å². The van der Waals surface area contributed by atoms with Gasteiger partial charge in [0.2, 0.25) is 7.14 Å². The highest BCUT2D eigenvalue weighted by atomic mass is 31.2. The van der Waals surface area contributed by atoms with Crippen molar-refractivity contribution in [2.45, 2.75) is 37.8 Å². The van der Waals surface area contributed by atoms with Crippen molar-refractivity contribution in [3.63, 3.8) is 0 Å². The Hall–Kier alpha value is -0.650. The lowest BCUT2D eigenvalue weighted by atomic mass is 10.0. The van der Waals surface area contributed by atoms with Crippen molar-refractivity contribution >= 4 is 7.14 Å². The van der Waals surface area contributed by atoms with Crippen molar-refractivity contribution < 1.29 is 4.57 Å². The van der Waals surface area contributed by atoms with Crippen molar-refractivity contribution in [1.29, 1.82) is 0 Å². The quantitative estimate of drug-likeness (QED) is 0.448. The molecule has 1 aliphatic rings. The van der Waals surface area contributed by atoms with Gasteiger partial charge in [0, 0.05) is 5.66 Å². The van der Waals surface area contributed by atoms with E-state index in [1.165, 1.54) is 6.42 Å². The Morgan fingerprint density at radius 3 is 2.00 bits per heavy atom. The van der Waals surface area contributed by atoms with Crippen molar-refractivity contribution in [3.8, 4) is 24.2 Å². The van der Waals surface area contributed by atoms with Crippen molar-refractivity contribution in [2.24, 2.45) is 0 Å². The summed E-state index contributed by atoms with van der Waals surface area (Å²) < 4.78 is 11.8. The Morgan fingerprint density at radius 1 is 1.08 bits per heavy atom. The van der Waals surface area contributed by atoms with Crippen LogP contribution in [-0.2, 0) is 4.57 Å². The van der Waals surface area contributed by atoms with Gasteiger partial charge in [-0.15, -0.1) is 12.8 Å². The Balaban J connectivity index is 2.75. The SMILES string of the molecule is C#CP(=O)(C#C)C1CCCCC1. The van der Waals surface area contributed by atoms with Crippen LogP contribution in [0.1, 0.15) is 32.1 Å². The summed E-state index contributed by atoms with van der Waals surface area (Å²) in [5.41, 5.74) is 4.75. The molecule has 0 aromatic rings. The van der Waals surface area contributed by atoms with Gasteiger partial charge in [-0.25, -0.2) is 0 Å². The van der Waals surface area contributed by atoms with Crippen LogP contribution in [-0.4, -0.2) is 5.66 Å². The Bertz CT molecular complexity index is 255. The van der Waals surface area contributed by atoms with Crippen LogP contribution >= 0.6 is 7.14 Å². The predicted molar refractivity (Wildman–Crippen MR) is 52.1 cm³/mol. The molecule has 0 N–H and O–H groups in total. The predicted octanol–water partition coefficient (Wildman–Crippen LogP) is 2.86. The number of hydrogen-bond donors (Lipinski definition) is 0. The molecule has 1 saturated carbocycles. The molecule has 0 aromatic carbocycles. The first kappa shape index (κ1) is 9.44. The van der Waals surface area contributed by atoms with Gasteiger partial charge in [-0.2, -0.15) is 0 Å². The molecule has 64 valence electrons. The third-order valence-corrected chi connectivity index (χ3v) is 4.78. The van der Waals surface area contributed by atoms with Gasteiger partial charge in [-0.1, -0.05) is 19.3 Å². The van der Waals surface area contributed by atoms with Crippen LogP contribution in [0.25, 0.3) is 0 Å². The van der Waals surface area contributed by atoms with Gasteiger partial charge in [-0.05, 0) is 24.2 Å². The highest BCUT2D eigenvalue weighted by Gasteiger charge is 2.29. The van der Waals surface area contributed by atoms with Gasteiger partial charge < -0.3 is 0 Å². The van der Waals surface area contributed by atoms with E-state index in [0.29, 0.717) is 0 Å². The van der Waals surface area contributed by atoms with Crippen LogP contribution in [0.5, 0.6) is 0 Å². The average molecular weight is 180 g/mol. The molecule has 0 aromatic heterocycles. The molecule has 0 bridgehead atoms. The van der Waals surface area contributed by atoms with Crippen LogP contribution in [0, 0.1) is 24.2 Å². The third kappa shape index (κ3) is 1.74. The van der Waals surface area contributed by atoms with Crippen LogP contribution in [0.2, 0.25) is 0 Å². The zero-order valence-electron chi connectivity index (χ0n) is 7.12. The fourth-order valence-corrected chi connectivity index (χ4v) is 3.28. The zero-order valence-corrected chi connectivity index (χ0v) is 8.02. The molecular formula is C10H13OP. The smallest absolute Gasteiger partial charge is 0.224 e. The van der Waals surface area contributed by atoms with Crippen LogP contribution in [0.3, 0.4) is 0 Å². The fraction of sp³-hybridized carbons (Fsp3) is 0.600. The molecular weight excluding hydrogens is 167 g/mol. The maximum Gasteiger partial charge on any atom is 0.224 e. The minimum Gasteiger partial charge on any atom is -0.296 e. The molecule has 0 unspecified atom stereocenters. The Morgan fingerprint density at radius 2 is 1.58 bits per heavy atom. The second kappa shape index (κ2) is 3.84. The summed E-state index contributed by atoms with van der Waals surface area (Å²) in [6, 6.07) is 0. The lowest BCUT2D eigenvalue weighted by Crippen LogP contribution is -2.11. The van der Waals surface area contributed by atoms with E-state index >= 15 is 0 Å². The first-order valence-corrected chi connectivity index (χ1v) is 6.06. The van der Waals surface area contributed by atoms with E-state index in [9.17, 15) is 4.57 Å². The molecule has 0 heterocycles. The summed E-state index contributed by atoms with van der Waals surface area (Å²) in [4.78, 5) is 0. The highest BCUT2D eigenvalue weighted by molar-refractivity contribution is 7.74. The largest absolute Gasteiger partial charge is 0.296 e. The van der Waals surface area contributed by atoms with Gasteiger partial charge in [0.05, 0.1) is 0 Å². The van der Waals surface area contributed by atoms with E-state index in [4.69, 9.17) is 12.8 Å². The maximum atomic E-state index is 11.8. The van der Waals surface area contributed by atoms with Crippen molar-refractivity contribution in [1.82, 2.24) is 0 Å². The minimum absolute atomic E-state index is 0.112. The summed E-state index contributed by atoms with van der Waals surface area (Å²) >= 11 is 0. The Kier molecular flexibility index (Phi) is 3.02. The second-order valence-corrected chi connectivity index (χ2v) is 5.77. The molecule has 0 atom stereocenters. The highest BCUT2D eigenvalue weighted by Crippen LogP contribution is 2.53. The van der Waals surface area contributed by atoms with Gasteiger partial charge in [0.1, 0.15) is 0 Å². The van der Waals surface area contributed by atoms with Gasteiger partial charge in [0.15, 0.2) is 0 Å². The van der Waals surface area contributed by atoms with Crippen LogP contribution in [0.4, 0.5) is 0 Å². The Labute approximate surface area is 74.3 Å². The molecule has 1 fully saturated rings. The second-order valence-electron chi connectivity index (χ2n) is 3.21. The minimum atomic E-state index is -2.70. The number of terminal acetylenes is 2. The topological polar surface area (TPSA) is 17.1 Å². The molecule has 0 aliphatic heterocycles. The maximum absolute atomic E-state index is 11.8. The van der Waals surface area contributed by atoms with E-state index in [1.807, 2.05) is 0 Å². The van der Waals surface area contributed by atoms with Crippen LogP contribution in [0.15, 0.2) is 0 Å². The summed E-state index contributed by atoms with van der Waals surface area (Å²) in [6.45, 7) is 0. The van der Waals surface area contributed by atoms with E-state index in [0.717, 1.165) is 25.7 Å². The molecule has 2 heteroatoms. The number of rotatable bonds is 1. The molecule has 0 saturated heterocycles. The van der Waals surface area contributed by atoms with Gasteiger partial charge in [-0.3, -0.25) is 4.57 Å². The first-order valence-electron chi connectivity index (χ1n) is 4.28. The molecule has 0 amide bonds. The summed E-state index contributed by atoms with van der Waals surface area (Å²) in [6.07, 6.45) is 15.8. The molecule has 0 spiro atoms. The normalized spacial score (nSPS) is 19.5. The van der Waals surface area contributed by atoms with Crippen molar-refractivity contribution in [2.75, 3.05) is 0 Å². The molecule has 1 aliphatic carbocycles. The van der Waals surface area contributed by atoms with E-state index in [1.54, 1.807) is 0 Å². The lowest BCUT2D eigenvalue weighted by molar-refractivity contribution is 0.491. The zero-order chi connectivity index (χ0) is 9.03. The monoisotopic (exact) mass is 180 g/mol. The van der Waals surface area contributed by atoms with E-state index < -0.39 is 7.14 Å². The van der Waals surface area contributed by atoms with Gasteiger partial charge >= 0.3 is 0 Å². The number of hydrogen-bond acceptors (Lipinski definition) is 1. The fourth-order valence-electron chi connectivity index (χ4n) is 1.69. The van der Waals surface area contributed by atoms with Gasteiger partial charge in [0.25, 0.3) is 0 Å². The third-order valence-electron chi connectivity index (χ3n) is 2.47. The summed E-state index contributed by atoms with van der Waals surface area (Å²) in [7, 11) is -2.70. The summed E-state index contributed by atoms with van der Waals surface area (Å²) in [5.74, 6) is 0. The van der Waals surface area contributed by atoms with E-state index in [-0.39, 0.29) is 5.66 Å². The lowest BCUT2D eigenvalue weighted by Gasteiger charge is -2.23. The molecule has 0 radical (unpaired) electrons. The van der Waals surface area contributed by atoms with E-state index in [2.05, 4.69) is 11.3 Å². The standard InChI is InChI=1S/C10H13OP/c1-3-12(11,4-2)10-8-6-5-7-9-10/h1-2,10H,5-9H2. The molecule has 12 heavy (non-hydrogen) atoms.